The van der Waals surface area contributed by atoms with Gasteiger partial charge in [-0.2, -0.15) is 11.8 Å². The Morgan fingerprint density at radius 1 is 1.44 bits per heavy atom. The van der Waals surface area contributed by atoms with Gasteiger partial charge in [0.2, 0.25) is 0 Å². The van der Waals surface area contributed by atoms with Crippen molar-refractivity contribution in [3.05, 3.63) is 29.8 Å². The van der Waals surface area contributed by atoms with E-state index in [-0.39, 0.29) is 0 Å². The van der Waals surface area contributed by atoms with Crippen molar-refractivity contribution in [2.75, 3.05) is 26.1 Å². The second kappa shape index (κ2) is 7.02. The third kappa shape index (κ3) is 3.90. The molecule has 4 heteroatoms. The predicted octanol–water partition coefficient (Wildman–Crippen LogP) is 2.64. The largest absolute Gasteiger partial charge is 0.497 e. The van der Waals surface area contributed by atoms with Crippen LogP contribution in [0.1, 0.15) is 24.5 Å². The number of aliphatic hydroxyl groups excluding tert-OH is 1. The van der Waals surface area contributed by atoms with E-state index in [4.69, 9.17) is 9.47 Å². The van der Waals surface area contributed by atoms with Crippen LogP contribution in [0.15, 0.2) is 24.3 Å². The van der Waals surface area contributed by atoms with Gasteiger partial charge in [0.1, 0.15) is 5.75 Å². The van der Waals surface area contributed by atoms with Gasteiger partial charge in [-0.15, -0.1) is 0 Å². The Balaban J connectivity index is 1.84. The van der Waals surface area contributed by atoms with Crippen molar-refractivity contribution in [1.29, 1.82) is 0 Å². The number of benzene rings is 1. The summed E-state index contributed by atoms with van der Waals surface area (Å²) in [7, 11) is 1.64. The zero-order chi connectivity index (χ0) is 12.8. The smallest absolute Gasteiger partial charge is 0.119 e. The van der Waals surface area contributed by atoms with E-state index in [1.54, 1.807) is 7.11 Å². The summed E-state index contributed by atoms with van der Waals surface area (Å²) in [6, 6.07) is 7.64. The van der Waals surface area contributed by atoms with Gasteiger partial charge < -0.3 is 14.6 Å². The maximum atomic E-state index is 10.2. The van der Waals surface area contributed by atoms with Crippen LogP contribution in [0.25, 0.3) is 0 Å². The summed E-state index contributed by atoms with van der Waals surface area (Å²) < 4.78 is 10.5. The number of hydrogen-bond acceptors (Lipinski definition) is 4. The second-order valence-electron chi connectivity index (χ2n) is 4.44. The van der Waals surface area contributed by atoms with Gasteiger partial charge in [-0.25, -0.2) is 0 Å². The zero-order valence-corrected chi connectivity index (χ0v) is 11.5. The molecule has 0 amide bonds. The first-order chi connectivity index (χ1) is 8.79. The fourth-order valence-electron chi connectivity index (χ4n) is 2.01. The minimum Gasteiger partial charge on any atom is -0.497 e. The molecule has 1 aliphatic rings. The summed E-state index contributed by atoms with van der Waals surface area (Å²) in [6.07, 6.45) is 1.76. The summed E-state index contributed by atoms with van der Waals surface area (Å²) in [5, 5.41) is 10.8. The van der Waals surface area contributed by atoms with Gasteiger partial charge in [0.15, 0.2) is 0 Å². The molecule has 1 fully saturated rings. The Morgan fingerprint density at radius 2 is 2.22 bits per heavy atom. The lowest BCUT2D eigenvalue weighted by Crippen LogP contribution is -2.18. The molecule has 1 atom stereocenters. The first-order valence-electron chi connectivity index (χ1n) is 6.31. The lowest BCUT2D eigenvalue weighted by molar-refractivity contribution is 0.0998. The van der Waals surface area contributed by atoms with Crippen molar-refractivity contribution in [3.8, 4) is 5.75 Å². The van der Waals surface area contributed by atoms with Crippen molar-refractivity contribution < 1.29 is 14.6 Å². The molecule has 0 saturated carbocycles. The van der Waals surface area contributed by atoms with E-state index < -0.39 is 6.10 Å². The van der Waals surface area contributed by atoms with Crippen LogP contribution in [-0.2, 0) is 4.74 Å². The van der Waals surface area contributed by atoms with Gasteiger partial charge in [0.25, 0.3) is 0 Å². The summed E-state index contributed by atoms with van der Waals surface area (Å²) in [5.74, 6) is 1.53. The SMILES string of the molecule is COc1cccc(C(O)CSC2CCOCC2)c1. The van der Waals surface area contributed by atoms with E-state index >= 15 is 0 Å². The number of rotatable bonds is 5. The lowest BCUT2D eigenvalue weighted by Gasteiger charge is -2.22. The van der Waals surface area contributed by atoms with Crippen LogP contribution >= 0.6 is 11.8 Å². The third-order valence-electron chi connectivity index (χ3n) is 3.14. The number of aliphatic hydroxyl groups is 1. The standard InChI is InChI=1S/C14H20O3S/c1-16-12-4-2-3-11(9-12)14(15)10-18-13-5-7-17-8-6-13/h2-4,9,13-15H,5-8,10H2,1H3. The van der Waals surface area contributed by atoms with Gasteiger partial charge >= 0.3 is 0 Å². The molecule has 0 spiro atoms. The second-order valence-corrected chi connectivity index (χ2v) is 5.77. The molecule has 18 heavy (non-hydrogen) atoms. The molecule has 2 rings (SSSR count). The molecule has 0 aliphatic carbocycles. The van der Waals surface area contributed by atoms with Gasteiger partial charge in [-0.3, -0.25) is 0 Å². The molecule has 1 heterocycles. The Morgan fingerprint density at radius 3 is 2.94 bits per heavy atom. The first-order valence-corrected chi connectivity index (χ1v) is 7.36. The van der Waals surface area contributed by atoms with Crippen LogP contribution in [0.3, 0.4) is 0 Å². The Kier molecular flexibility index (Phi) is 5.35. The molecule has 1 aliphatic heterocycles. The highest BCUT2D eigenvalue weighted by Gasteiger charge is 2.16. The summed E-state index contributed by atoms with van der Waals surface area (Å²) in [6.45, 7) is 1.71. The molecule has 3 nitrogen and oxygen atoms in total. The van der Waals surface area contributed by atoms with Crippen molar-refractivity contribution in [2.45, 2.75) is 24.2 Å². The summed E-state index contributed by atoms with van der Waals surface area (Å²) >= 11 is 1.84. The monoisotopic (exact) mass is 268 g/mol. The number of thioether (sulfide) groups is 1. The molecule has 1 aromatic carbocycles. The highest BCUT2D eigenvalue weighted by atomic mass is 32.2. The molecular weight excluding hydrogens is 248 g/mol. The van der Waals surface area contributed by atoms with Crippen LogP contribution in [-0.4, -0.2) is 36.4 Å². The summed E-state index contributed by atoms with van der Waals surface area (Å²) in [5.41, 5.74) is 0.925. The van der Waals surface area contributed by atoms with E-state index in [1.165, 1.54) is 0 Å². The maximum absolute atomic E-state index is 10.2. The lowest BCUT2D eigenvalue weighted by atomic mass is 10.1. The minimum absolute atomic E-state index is 0.423. The van der Waals surface area contributed by atoms with Gasteiger partial charge in [0, 0.05) is 24.2 Å². The Hall–Kier alpha value is -0.710. The maximum Gasteiger partial charge on any atom is 0.119 e. The average molecular weight is 268 g/mol. The van der Waals surface area contributed by atoms with Gasteiger partial charge in [0.05, 0.1) is 13.2 Å². The fourth-order valence-corrected chi connectivity index (χ4v) is 3.19. The number of methoxy groups -OCH3 is 1. The number of ether oxygens (including phenoxy) is 2. The van der Waals surface area contributed by atoms with Gasteiger partial charge in [-0.1, -0.05) is 12.1 Å². The first kappa shape index (κ1) is 13.7. The molecule has 0 radical (unpaired) electrons. The van der Waals surface area contributed by atoms with Crippen molar-refractivity contribution in [1.82, 2.24) is 0 Å². The average Bonchev–Trinajstić information content (AvgIpc) is 2.46. The van der Waals surface area contributed by atoms with E-state index in [9.17, 15) is 5.11 Å². The molecule has 1 unspecified atom stereocenters. The van der Waals surface area contributed by atoms with E-state index in [2.05, 4.69) is 0 Å². The Bertz CT molecular complexity index is 364. The van der Waals surface area contributed by atoms with Crippen LogP contribution in [0.4, 0.5) is 0 Å². The highest BCUT2D eigenvalue weighted by Crippen LogP contribution is 2.28. The molecule has 1 N–H and O–H groups in total. The van der Waals surface area contributed by atoms with Crippen LogP contribution in [0.2, 0.25) is 0 Å². The van der Waals surface area contributed by atoms with Gasteiger partial charge in [-0.05, 0) is 30.5 Å². The molecule has 100 valence electrons. The third-order valence-corrected chi connectivity index (χ3v) is 4.59. The Labute approximate surface area is 112 Å². The molecule has 0 bridgehead atoms. The van der Waals surface area contributed by atoms with E-state index in [0.717, 1.165) is 43.1 Å². The molecule has 0 aromatic heterocycles. The van der Waals surface area contributed by atoms with Crippen LogP contribution in [0, 0.1) is 0 Å². The summed E-state index contributed by atoms with van der Waals surface area (Å²) in [4.78, 5) is 0. The van der Waals surface area contributed by atoms with E-state index in [1.807, 2.05) is 36.0 Å². The number of hydrogen-bond donors (Lipinski definition) is 1. The normalized spacial score (nSPS) is 18.6. The van der Waals surface area contributed by atoms with Crippen molar-refractivity contribution in [2.24, 2.45) is 0 Å². The molecule has 1 aromatic rings. The quantitative estimate of drug-likeness (QED) is 0.891. The molecule has 1 saturated heterocycles. The fraction of sp³-hybridized carbons (Fsp3) is 0.571. The van der Waals surface area contributed by atoms with Crippen molar-refractivity contribution in [3.63, 3.8) is 0 Å². The van der Waals surface area contributed by atoms with Crippen LogP contribution in [0.5, 0.6) is 5.75 Å². The topological polar surface area (TPSA) is 38.7 Å². The van der Waals surface area contributed by atoms with Crippen LogP contribution < -0.4 is 4.74 Å². The van der Waals surface area contributed by atoms with E-state index in [0.29, 0.717) is 5.25 Å². The highest BCUT2D eigenvalue weighted by molar-refractivity contribution is 7.99. The molecular formula is C14H20O3S. The zero-order valence-electron chi connectivity index (χ0n) is 10.7. The predicted molar refractivity (Wildman–Crippen MR) is 74.3 cm³/mol. The van der Waals surface area contributed by atoms with Crippen molar-refractivity contribution >= 4 is 11.8 Å². The minimum atomic E-state index is -0.423.